The lowest BCUT2D eigenvalue weighted by Gasteiger charge is -2.29. The molecule has 1 saturated carbocycles. The highest BCUT2D eigenvalue weighted by Gasteiger charge is 2.32. The Balaban J connectivity index is 0.000000244. The number of carbonyl (C=O) groups excluding carboxylic acids is 2. The van der Waals surface area contributed by atoms with E-state index in [-0.39, 0.29) is 32.0 Å². The third-order valence-corrected chi connectivity index (χ3v) is 12.3. The van der Waals surface area contributed by atoms with Gasteiger partial charge in [-0.3, -0.25) is 0 Å². The van der Waals surface area contributed by atoms with Gasteiger partial charge in [-0.15, -0.1) is 0 Å². The molecule has 0 radical (unpaired) electrons. The first-order chi connectivity index (χ1) is 32.0. The molecule has 0 amide bonds. The number of esters is 2. The van der Waals surface area contributed by atoms with Crippen molar-refractivity contribution in [3.05, 3.63) is 96.6 Å². The molecule has 0 bridgehead atoms. The molecule has 3 atom stereocenters. The van der Waals surface area contributed by atoms with E-state index in [1.807, 2.05) is 12.1 Å². The van der Waals surface area contributed by atoms with Gasteiger partial charge in [-0.05, 0) is 110 Å². The Morgan fingerprint density at radius 1 is 0.554 bits per heavy atom. The van der Waals surface area contributed by atoms with Crippen LogP contribution in [0.4, 0.5) is 0 Å². The van der Waals surface area contributed by atoms with Crippen LogP contribution in [0.25, 0.3) is 11.1 Å². The maximum Gasteiger partial charge on any atom is 0.337 e. The summed E-state index contributed by atoms with van der Waals surface area (Å²) in [4.78, 5) is 22.3. The highest BCUT2D eigenvalue weighted by molar-refractivity contribution is 5.81. The van der Waals surface area contributed by atoms with Crippen molar-refractivity contribution < 1.29 is 53.6 Å². The molecule has 3 aromatic carbocycles. The van der Waals surface area contributed by atoms with E-state index in [9.17, 15) is 9.59 Å². The Kier molecular flexibility index (Phi) is 22.7. The van der Waals surface area contributed by atoms with E-state index < -0.39 is 0 Å². The minimum atomic E-state index is -0.314. The van der Waals surface area contributed by atoms with Crippen molar-refractivity contribution in [2.45, 2.75) is 140 Å². The Labute approximate surface area is 389 Å². The lowest BCUT2D eigenvalue weighted by molar-refractivity contribution is -0.145. The smallest absolute Gasteiger partial charge is 0.337 e. The maximum absolute atomic E-state index is 11.3. The highest BCUT2D eigenvalue weighted by atomic mass is 16.8. The first-order valence-corrected chi connectivity index (χ1v) is 24.6. The quantitative estimate of drug-likeness (QED) is 0.0257. The monoisotopic (exact) mass is 901 g/mol. The van der Waals surface area contributed by atoms with Gasteiger partial charge in [0.25, 0.3) is 0 Å². The Morgan fingerprint density at radius 2 is 1.06 bits per heavy atom. The van der Waals surface area contributed by atoms with E-state index in [2.05, 4.69) is 67.2 Å². The third-order valence-electron chi connectivity index (χ3n) is 12.3. The first kappa shape index (κ1) is 50.2. The number of unbranched alkanes of at least 4 members (excludes halogenated alkanes) is 8. The normalized spacial score (nSPS) is 20.5. The second-order valence-electron chi connectivity index (χ2n) is 17.6. The second kappa shape index (κ2) is 29.4. The third kappa shape index (κ3) is 21.3. The zero-order valence-electron chi connectivity index (χ0n) is 38.7. The van der Waals surface area contributed by atoms with E-state index in [0.717, 1.165) is 75.6 Å². The summed E-state index contributed by atoms with van der Waals surface area (Å²) in [6.45, 7) is 9.11. The van der Waals surface area contributed by atoms with Gasteiger partial charge in [0, 0.05) is 20.3 Å². The van der Waals surface area contributed by atoms with Crippen LogP contribution < -0.4 is 9.47 Å². The fourth-order valence-electron chi connectivity index (χ4n) is 8.14. The van der Waals surface area contributed by atoms with Crippen LogP contribution in [-0.2, 0) is 49.2 Å². The molecule has 0 aromatic heterocycles. The van der Waals surface area contributed by atoms with Gasteiger partial charge in [0.15, 0.2) is 18.7 Å². The molecule has 3 aliphatic heterocycles. The molecule has 4 fully saturated rings. The predicted molar refractivity (Wildman–Crippen MR) is 253 cm³/mol. The average Bonchev–Trinajstić information content (AvgIpc) is 4.17. The number of ether oxygens (including phenoxy) is 9. The molecule has 4 aliphatic rings. The van der Waals surface area contributed by atoms with Crippen molar-refractivity contribution >= 4 is 11.9 Å². The van der Waals surface area contributed by atoms with E-state index in [1.165, 1.54) is 99.0 Å². The number of carbonyl (C=O) groups is 2. The summed E-state index contributed by atoms with van der Waals surface area (Å²) in [6, 6.07) is 25.8. The van der Waals surface area contributed by atoms with Gasteiger partial charge in [0.1, 0.15) is 24.7 Å². The average molecular weight is 901 g/mol. The molecule has 358 valence electrons. The van der Waals surface area contributed by atoms with Crippen molar-refractivity contribution in [3.8, 4) is 22.6 Å². The van der Waals surface area contributed by atoms with Gasteiger partial charge in [0.2, 0.25) is 0 Å². The topological polar surface area (TPSA) is 127 Å². The van der Waals surface area contributed by atoms with Crippen molar-refractivity contribution in [2.24, 2.45) is 5.92 Å². The second-order valence-corrected chi connectivity index (χ2v) is 17.6. The molecule has 7 rings (SSSR count). The molecule has 3 unspecified atom stereocenters. The lowest BCUT2D eigenvalue weighted by Crippen LogP contribution is -2.13. The molecular weight excluding hydrogens is 825 g/mol. The Bertz CT molecular complexity index is 1770. The van der Waals surface area contributed by atoms with Crippen LogP contribution in [0.1, 0.15) is 128 Å². The van der Waals surface area contributed by atoms with Gasteiger partial charge >= 0.3 is 11.9 Å². The van der Waals surface area contributed by atoms with Crippen molar-refractivity contribution in [3.63, 3.8) is 0 Å². The van der Waals surface area contributed by atoms with Gasteiger partial charge in [-0.1, -0.05) is 106 Å². The van der Waals surface area contributed by atoms with Crippen LogP contribution in [0.5, 0.6) is 11.5 Å². The molecule has 1 aliphatic carbocycles. The van der Waals surface area contributed by atoms with E-state index in [1.54, 1.807) is 0 Å². The number of aryl methyl sites for hydroxylation is 1. The van der Waals surface area contributed by atoms with Crippen LogP contribution in [0.15, 0.2) is 85.5 Å². The number of benzene rings is 3. The molecule has 11 heteroatoms. The maximum atomic E-state index is 11.3. The Hall–Kier alpha value is -4.26. The van der Waals surface area contributed by atoms with E-state index in [0.29, 0.717) is 52.2 Å². The van der Waals surface area contributed by atoms with Crippen LogP contribution >= 0.6 is 0 Å². The van der Waals surface area contributed by atoms with Gasteiger partial charge in [0.05, 0.1) is 46.2 Å². The summed E-state index contributed by atoms with van der Waals surface area (Å²) < 4.78 is 47.6. The number of hydrogen-bond acceptors (Lipinski definition) is 11. The molecule has 11 nitrogen and oxygen atoms in total. The summed E-state index contributed by atoms with van der Waals surface area (Å²) in [5.74, 6) is 2.91. The first-order valence-electron chi connectivity index (χ1n) is 24.6. The Morgan fingerprint density at radius 3 is 1.62 bits per heavy atom. The van der Waals surface area contributed by atoms with Gasteiger partial charge in [-0.25, -0.2) is 9.59 Å². The van der Waals surface area contributed by atoms with Crippen LogP contribution in [0.2, 0.25) is 0 Å². The number of rotatable bonds is 32. The SMILES string of the molecule is C=CC(=O)OCCCCCCCC1CCC(c2ccc(OCCCOC3CO3)cc2)CC1.O=C(OCCCCCCCc1ccc(-c2ccc(OCCCOC3CO3)cc2)cc1)C1CO1.[HH]. The molecule has 0 spiro atoms. The molecule has 3 heterocycles. The summed E-state index contributed by atoms with van der Waals surface area (Å²) in [5.41, 5.74) is 5.24. The fourth-order valence-corrected chi connectivity index (χ4v) is 8.14. The minimum Gasteiger partial charge on any atom is -0.494 e. The zero-order valence-corrected chi connectivity index (χ0v) is 38.7. The summed E-state index contributed by atoms with van der Waals surface area (Å²) >= 11 is 0. The van der Waals surface area contributed by atoms with Crippen molar-refractivity contribution in [2.75, 3.05) is 59.5 Å². The number of hydrogen-bond donors (Lipinski definition) is 0. The fraction of sp³-hybridized carbons (Fsp3) is 0.593. The summed E-state index contributed by atoms with van der Waals surface area (Å²) in [7, 11) is 0. The largest absolute Gasteiger partial charge is 0.494 e. The van der Waals surface area contributed by atoms with E-state index >= 15 is 0 Å². The number of epoxide rings is 3. The van der Waals surface area contributed by atoms with Crippen molar-refractivity contribution in [1.29, 1.82) is 0 Å². The summed E-state index contributed by atoms with van der Waals surface area (Å²) in [5, 5.41) is 0. The van der Waals surface area contributed by atoms with Crippen LogP contribution in [-0.4, -0.2) is 90.1 Å². The predicted octanol–water partition coefficient (Wildman–Crippen LogP) is 11.3. The van der Waals surface area contributed by atoms with Crippen LogP contribution in [0.3, 0.4) is 0 Å². The van der Waals surface area contributed by atoms with Crippen molar-refractivity contribution in [1.82, 2.24) is 0 Å². The highest BCUT2D eigenvalue weighted by Crippen LogP contribution is 2.38. The van der Waals surface area contributed by atoms with Gasteiger partial charge in [-0.2, -0.15) is 0 Å². The zero-order chi connectivity index (χ0) is 45.2. The minimum absolute atomic E-state index is 0. The standard InChI is InChI=1S/C27H34O6.C27H40O5.H2/c28-27(25-19-32-25)31-16-5-3-1-2-4-7-21-8-10-22(11-9-21)23-12-14-24(15-13-23)29-17-6-18-30-26-20-33-26;1-2-26(28)30-18-7-5-3-4-6-9-22-10-12-23(13-11-22)24-14-16-25(17-15-24)29-19-8-20-31-27-21-32-27;/h8-15,25-26H,1-7,16-20H2;2,14-17,22-23,27H,1,3-13,18-21H2;1H. The van der Waals surface area contributed by atoms with E-state index in [4.69, 9.17) is 42.6 Å². The molecular formula is C54H76O11. The van der Waals surface area contributed by atoms with Crippen LogP contribution in [0, 0.1) is 5.92 Å². The molecule has 3 saturated heterocycles. The molecule has 0 N–H and O–H groups in total. The molecule has 3 aromatic rings. The summed E-state index contributed by atoms with van der Waals surface area (Å²) in [6.07, 6.45) is 22.0. The lowest BCUT2D eigenvalue weighted by atomic mass is 9.77. The molecule has 65 heavy (non-hydrogen) atoms. The van der Waals surface area contributed by atoms with Gasteiger partial charge < -0.3 is 42.6 Å².